The number of carboxylic acid groups (broad SMARTS) is 1. The Morgan fingerprint density at radius 1 is 1.33 bits per heavy atom. The van der Waals surface area contributed by atoms with Gasteiger partial charge in [-0.2, -0.15) is 0 Å². The number of hydrogen-bond acceptors (Lipinski definition) is 5. The highest BCUT2D eigenvalue weighted by molar-refractivity contribution is 6.01. The fourth-order valence-electron chi connectivity index (χ4n) is 2.38. The number of amides is 1. The summed E-state index contributed by atoms with van der Waals surface area (Å²) in [7, 11) is 1.49. The van der Waals surface area contributed by atoms with Crippen LogP contribution in [0.2, 0.25) is 0 Å². The van der Waals surface area contributed by atoms with Crippen molar-refractivity contribution in [3.8, 4) is 0 Å². The highest BCUT2D eigenvalue weighted by atomic mass is 16.4. The third kappa shape index (κ3) is 2.85. The van der Waals surface area contributed by atoms with Crippen molar-refractivity contribution >= 4 is 33.9 Å². The fourth-order valence-corrected chi connectivity index (χ4v) is 2.38. The van der Waals surface area contributed by atoms with Gasteiger partial charge in [-0.3, -0.25) is 19.0 Å². The summed E-state index contributed by atoms with van der Waals surface area (Å²) in [6.45, 7) is -0.155. The average molecular weight is 329 g/mol. The molecule has 0 saturated carbocycles. The lowest BCUT2D eigenvalue weighted by Crippen LogP contribution is -2.35. The number of furan rings is 1. The first-order valence-electron chi connectivity index (χ1n) is 7.30. The standard InChI is InChI=1S/C16H15N3O5/c1-18(7-6-13(21)22)12(20)8-19-9-17-14-10-4-2-3-5-11(10)24-15(14)16(19)23/h2-5,9H,6-8H2,1H3,(H,21,22). The Morgan fingerprint density at radius 2 is 2.08 bits per heavy atom. The molecule has 0 bridgehead atoms. The van der Waals surface area contributed by atoms with Crippen LogP contribution in [-0.2, 0) is 16.1 Å². The van der Waals surface area contributed by atoms with Gasteiger partial charge >= 0.3 is 5.97 Å². The van der Waals surface area contributed by atoms with E-state index in [1.165, 1.54) is 18.3 Å². The van der Waals surface area contributed by atoms with Gasteiger partial charge in [0.05, 0.1) is 12.7 Å². The minimum atomic E-state index is -0.989. The van der Waals surface area contributed by atoms with Gasteiger partial charge in [-0.1, -0.05) is 12.1 Å². The summed E-state index contributed by atoms with van der Waals surface area (Å²) in [4.78, 5) is 40.6. The van der Waals surface area contributed by atoms with Crippen molar-refractivity contribution in [2.75, 3.05) is 13.6 Å². The fraction of sp³-hybridized carbons (Fsp3) is 0.250. The first kappa shape index (κ1) is 15.7. The predicted molar refractivity (Wildman–Crippen MR) is 85.7 cm³/mol. The molecule has 0 aliphatic carbocycles. The molecule has 2 heterocycles. The molecule has 0 unspecified atom stereocenters. The number of aromatic nitrogens is 2. The molecule has 2 aromatic heterocycles. The number of fused-ring (bicyclic) bond motifs is 3. The van der Waals surface area contributed by atoms with Crippen molar-refractivity contribution in [2.24, 2.45) is 0 Å². The molecule has 0 radical (unpaired) electrons. The van der Waals surface area contributed by atoms with Gasteiger partial charge in [-0.15, -0.1) is 0 Å². The second-order valence-electron chi connectivity index (χ2n) is 5.41. The van der Waals surface area contributed by atoms with E-state index in [0.29, 0.717) is 11.1 Å². The minimum absolute atomic E-state index is 0.0726. The van der Waals surface area contributed by atoms with Crippen LogP contribution in [0.25, 0.3) is 22.1 Å². The number of para-hydroxylation sites is 1. The van der Waals surface area contributed by atoms with Crippen LogP contribution in [0, 0.1) is 0 Å². The van der Waals surface area contributed by atoms with Crippen molar-refractivity contribution < 1.29 is 19.1 Å². The molecule has 1 aromatic carbocycles. The zero-order valence-corrected chi connectivity index (χ0v) is 12.9. The lowest BCUT2D eigenvalue weighted by molar-refractivity contribution is -0.138. The van der Waals surface area contributed by atoms with Gasteiger partial charge in [0.1, 0.15) is 17.6 Å². The summed E-state index contributed by atoms with van der Waals surface area (Å²) in [5.41, 5.74) is 0.661. The Morgan fingerprint density at radius 3 is 2.83 bits per heavy atom. The third-order valence-corrected chi connectivity index (χ3v) is 3.74. The van der Waals surface area contributed by atoms with Gasteiger partial charge in [0.25, 0.3) is 5.56 Å². The van der Waals surface area contributed by atoms with E-state index in [-0.39, 0.29) is 31.0 Å². The Bertz CT molecular complexity index is 988. The van der Waals surface area contributed by atoms with Crippen LogP contribution in [-0.4, -0.2) is 45.0 Å². The molecule has 0 spiro atoms. The number of aliphatic carboxylic acids is 1. The van der Waals surface area contributed by atoms with Gasteiger partial charge in [-0.25, -0.2) is 4.98 Å². The first-order chi connectivity index (χ1) is 11.5. The monoisotopic (exact) mass is 329 g/mol. The number of nitrogens with zero attached hydrogens (tertiary/aromatic N) is 3. The molecule has 8 nitrogen and oxygen atoms in total. The predicted octanol–water partition coefficient (Wildman–Crippen LogP) is 1.08. The molecule has 0 saturated heterocycles. The smallest absolute Gasteiger partial charge is 0.305 e. The number of carbonyl (C=O) groups is 2. The van der Waals surface area contributed by atoms with Crippen LogP contribution in [0.5, 0.6) is 0 Å². The van der Waals surface area contributed by atoms with Gasteiger partial charge < -0.3 is 14.4 Å². The maximum absolute atomic E-state index is 12.5. The number of benzene rings is 1. The minimum Gasteiger partial charge on any atom is -0.481 e. The van der Waals surface area contributed by atoms with Gasteiger partial charge in [0.2, 0.25) is 11.5 Å². The Hall–Kier alpha value is -3.16. The number of likely N-dealkylation sites (N-methyl/N-ethyl adjacent to an activating group) is 1. The lowest BCUT2D eigenvalue weighted by Gasteiger charge is -2.16. The Labute approximate surface area is 135 Å². The van der Waals surface area contributed by atoms with Crippen LogP contribution in [0.3, 0.4) is 0 Å². The van der Waals surface area contributed by atoms with E-state index in [2.05, 4.69) is 4.98 Å². The summed E-state index contributed by atoms with van der Waals surface area (Å²) in [5, 5.41) is 9.39. The normalized spacial score (nSPS) is 11.0. The van der Waals surface area contributed by atoms with Crippen LogP contribution in [0.4, 0.5) is 0 Å². The van der Waals surface area contributed by atoms with Crippen molar-refractivity contribution in [1.29, 1.82) is 0 Å². The molecule has 124 valence electrons. The lowest BCUT2D eigenvalue weighted by atomic mass is 10.2. The molecule has 1 amide bonds. The van der Waals surface area contributed by atoms with Crippen molar-refractivity contribution in [3.63, 3.8) is 0 Å². The molecule has 1 N–H and O–H groups in total. The Balaban J connectivity index is 1.89. The summed E-state index contributed by atoms with van der Waals surface area (Å²) in [6, 6.07) is 7.17. The third-order valence-electron chi connectivity index (χ3n) is 3.74. The van der Waals surface area contributed by atoms with E-state index in [1.54, 1.807) is 12.1 Å². The zero-order valence-electron chi connectivity index (χ0n) is 12.9. The maximum atomic E-state index is 12.5. The molecule has 0 aliphatic rings. The second kappa shape index (κ2) is 6.15. The Kier molecular flexibility index (Phi) is 4.03. The van der Waals surface area contributed by atoms with Crippen molar-refractivity contribution in [3.05, 3.63) is 40.9 Å². The number of carbonyl (C=O) groups excluding carboxylic acids is 1. The van der Waals surface area contributed by atoms with Crippen molar-refractivity contribution in [1.82, 2.24) is 14.5 Å². The molecule has 0 aliphatic heterocycles. The molecular formula is C16H15N3O5. The molecule has 3 aromatic rings. The summed E-state index contributed by atoms with van der Waals surface area (Å²) in [6.07, 6.45) is 1.15. The first-order valence-corrected chi connectivity index (χ1v) is 7.30. The summed E-state index contributed by atoms with van der Waals surface area (Å²) < 4.78 is 6.70. The summed E-state index contributed by atoms with van der Waals surface area (Å²) >= 11 is 0. The molecule has 0 fully saturated rings. The molecule has 8 heteroatoms. The van der Waals surface area contributed by atoms with Gasteiger partial charge in [0.15, 0.2) is 0 Å². The van der Waals surface area contributed by atoms with Crippen LogP contribution >= 0.6 is 0 Å². The van der Waals surface area contributed by atoms with E-state index < -0.39 is 11.5 Å². The second-order valence-corrected chi connectivity index (χ2v) is 5.41. The highest BCUT2D eigenvalue weighted by Gasteiger charge is 2.16. The SMILES string of the molecule is CN(CCC(=O)O)C(=O)Cn1cnc2c(oc3ccccc32)c1=O. The largest absolute Gasteiger partial charge is 0.481 e. The zero-order chi connectivity index (χ0) is 17.3. The maximum Gasteiger partial charge on any atom is 0.305 e. The quantitative estimate of drug-likeness (QED) is 0.751. The number of hydrogen-bond donors (Lipinski definition) is 1. The van der Waals surface area contributed by atoms with Crippen LogP contribution in [0.15, 0.2) is 39.8 Å². The molecular weight excluding hydrogens is 314 g/mol. The molecule has 0 atom stereocenters. The van der Waals surface area contributed by atoms with E-state index in [9.17, 15) is 14.4 Å². The number of rotatable bonds is 5. The van der Waals surface area contributed by atoms with Gasteiger partial charge in [0, 0.05) is 19.0 Å². The topological polar surface area (TPSA) is 106 Å². The van der Waals surface area contributed by atoms with E-state index >= 15 is 0 Å². The molecule has 24 heavy (non-hydrogen) atoms. The molecule has 3 rings (SSSR count). The van der Waals surface area contributed by atoms with Crippen LogP contribution in [0.1, 0.15) is 6.42 Å². The van der Waals surface area contributed by atoms with E-state index in [4.69, 9.17) is 9.52 Å². The van der Waals surface area contributed by atoms with E-state index in [0.717, 1.165) is 9.95 Å². The van der Waals surface area contributed by atoms with Crippen LogP contribution < -0.4 is 5.56 Å². The van der Waals surface area contributed by atoms with E-state index in [1.807, 2.05) is 12.1 Å². The summed E-state index contributed by atoms with van der Waals surface area (Å²) in [5.74, 6) is -1.37. The van der Waals surface area contributed by atoms with Crippen molar-refractivity contribution in [2.45, 2.75) is 13.0 Å². The highest BCUT2D eigenvalue weighted by Crippen LogP contribution is 2.23. The number of carboxylic acids is 1. The average Bonchev–Trinajstić information content (AvgIpc) is 2.94. The van der Waals surface area contributed by atoms with Gasteiger partial charge in [-0.05, 0) is 12.1 Å².